The lowest BCUT2D eigenvalue weighted by atomic mass is 10.0. The molecule has 0 aliphatic rings. The van der Waals surface area contributed by atoms with Crippen LogP contribution in [0.3, 0.4) is 0 Å². The highest BCUT2D eigenvalue weighted by atomic mass is 35.5. The molecule has 0 aliphatic carbocycles. The quantitative estimate of drug-likeness (QED) is 0.334. The van der Waals surface area contributed by atoms with Gasteiger partial charge >= 0.3 is 18.3 Å². The number of benzene rings is 2. The summed E-state index contributed by atoms with van der Waals surface area (Å²) < 4.78 is 65.7. The van der Waals surface area contributed by atoms with Crippen LogP contribution in [0.4, 0.5) is 17.6 Å². The van der Waals surface area contributed by atoms with Gasteiger partial charge < -0.3 is 19.5 Å². The van der Waals surface area contributed by atoms with Crippen molar-refractivity contribution in [2.24, 2.45) is 0 Å². The van der Waals surface area contributed by atoms with Gasteiger partial charge in [-0.15, -0.1) is 25.6 Å². The minimum absolute atomic E-state index is 0. The zero-order chi connectivity index (χ0) is 25.4. The van der Waals surface area contributed by atoms with Crippen molar-refractivity contribution < 1.29 is 41.4 Å². The van der Waals surface area contributed by atoms with E-state index in [4.69, 9.17) is 9.47 Å². The van der Waals surface area contributed by atoms with Crippen molar-refractivity contribution in [3.63, 3.8) is 0 Å². The Morgan fingerprint density at radius 1 is 0.914 bits per heavy atom. The number of hydrogen-bond acceptors (Lipinski definition) is 6. The normalized spacial score (nSPS) is 13.2. The van der Waals surface area contributed by atoms with Gasteiger partial charge in [0.25, 0.3) is 0 Å². The summed E-state index contributed by atoms with van der Waals surface area (Å²) in [5, 5.41) is 2.66. The van der Waals surface area contributed by atoms with E-state index in [1.165, 1.54) is 33.0 Å². The number of ether oxygens (including phenoxy) is 3. The molecule has 2 atom stereocenters. The van der Waals surface area contributed by atoms with E-state index in [1.54, 1.807) is 30.3 Å². The first-order chi connectivity index (χ1) is 15.9. The maximum atomic E-state index is 14.1. The third-order valence-electron chi connectivity index (χ3n) is 4.65. The van der Waals surface area contributed by atoms with Gasteiger partial charge in [0.05, 0.1) is 0 Å². The van der Waals surface area contributed by atoms with Crippen LogP contribution in [0, 0.1) is 0 Å². The molecule has 0 unspecified atom stereocenters. The third kappa shape index (κ3) is 11.4. The molecule has 0 aromatic heterocycles. The zero-order valence-corrected chi connectivity index (χ0v) is 20.3. The van der Waals surface area contributed by atoms with Crippen molar-refractivity contribution in [3.05, 3.63) is 65.7 Å². The van der Waals surface area contributed by atoms with E-state index in [0.29, 0.717) is 11.1 Å². The molecular formula is C24H28ClF4NO5. The lowest BCUT2D eigenvalue weighted by Gasteiger charge is -2.24. The Morgan fingerprint density at radius 3 is 2.03 bits per heavy atom. The van der Waals surface area contributed by atoms with Crippen molar-refractivity contribution in [1.29, 1.82) is 0 Å². The van der Waals surface area contributed by atoms with E-state index in [9.17, 15) is 27.2 Å². The van der Waals surface area contributed by atoms with Crippen molar-refractivity contribution in [3.8, 4) is 5.75 Å². The number of esters is 2. The number of nitrogens with one attached hydrogen (secondary N) is 1. The van der Waals surface area contributed by atoms with Gasteiger partial charge in [0.1, 0.15) is 24.1 Å². The van der Waals surface area contributed by atoms with Gasteiger partial charge in [-0.3, -0.25) is 4.79 Å². The minimum atomic E-state index is -4.84. The molecule has 0 radical (unpaired) electrons. The molecule has 2 aromatic rings. The Hall–Kier alpha value is -2.85. The van der Waals surface area contributed by atoms with E-state index in [2.05, 4.69) is 10.1 Å². The van der Waals surface area contributed by atoms with Gasteiger partial charge in [0.15, 0.2) is 0 Å². The molecule has 6 nitrogen and oxygen atoms in total. The van der Waals surface area contributed by atoms with E-state index >= 15 is 0 Å². The molecule has 0 aliphatic heterocycles. The SMILES string of the molecule is CN[C@@H](CC(C)(C)F)C(=O)O[C@H](Cc1ccc(OC(F)(F)F)cc1)C(=O)OCc1ccccc1.Cl. The third-order valence-corrected chi connectivity index (χ3v) is 4.65. The molecular weight excluding hydrogens is 494 g/mol. The van der Waals surface area contributed by atoms with Crippen molar-refractivity contribution in [2.45, 2.75) is 57.5 Å². The highest BCUT2D eigenvalue weighted by Crippen LogP contribution is 2.24. The Labute approximate surface area is 207 Å². The van der Waals surface area contributed by atoms with E-state index < -0.39 is 41.9 Å². The average molecular weight is 522 g/mol. The van der Waals surface area contributed by atoms with Crippen LogP contribution in [0.15, 0.2) is 54.6 Å². The lowest BCUT2D eigenvalue weighted by Crippen LogP contribution is -2.43. The molecule has 194 valence electrons. The number of likely N-dealkylation sites (N-methyl/N-ethyl adjacent to an activating group) is 1. The molecule has 0 amide bonds. The first-order valence-electron chi connectivity index (χ1n) is 10.5. The van der Waals surface area contributed by atoms with Crippen LogP contribution in [0.1, 0.15) is 31.4 Å². The summed E-state index contributed by atoms with van der Waals surface area (Å²) in [6, 6.07) is 12.6. The van der Waals surface area contributed by atoms with Crippen molar-refractivity contribution in [2.75, 3.05) is 7.05 Å². The zero-order valence-electron chi connectivity index (χ0n) is 19.4. The highest BCUT2D eigenvalue weighted by Gasteiger charge is 2.33. The smallest absolute Gasteiger partial charge is 0.458 e. The summed E-state index contributed by atoms with van der Waals surface area (Å²) >= 11 is 0. The Bertz CT molecular complexity index is 934. The molecule has 0 saturated heterocycles. The molecule has 2 rings (SSSR count). The molecule has 0 bridgehead atoms. The van der Waals surface area contributed by atoms with E-state index in [1.807, 2.05) is 0 Å². The second kappa shape index (κ2) is 13.3. The number of hydrogen-bond donors (Lipinski definition) is 1. The predicted octanol–water partition coefficient (Wildman–Crippen LogP) is 4.93. The predicted molar refractivity (Wildman–Crippen MR) is 123 cm³/mol. The number of halogens is 5. The number of alkyl halides is 4. The van der Waals surface area contributed by atoms with Gasteiger partial charge in [-0.2, -0.15) is 0 Å². The fourth-order valence-corrected chi connectivity index (χ4v) is 3.05. The van der Waals surface area contributed by atoms with Crippen LogP contribution >= 0.6 is 12.4 Å². The molecule has 2 aromatic carbocycles. The van der Waals surface area contributed by atoms with Gasteiger partial charge in [0.2, 0.25) is 6.10 Å². The summed E-state index contributed by atoms with van der Waals surface area (Å²) in [7, 11) is 1.46. The average Bonchev–Trinajstić information content (AvgIpc) is 2.75. The number of carbonyl (C=O) groups is 2. The summed E-state index contributed by atoms with van der Waals surface area (Å²) in [6.07, 6.45) is -6.60. The highest BCUT2D eigenvalue weighted by molar-refractivity contribution is 5.85. The van der Waals surface area contributed by atoms with E-state index in [0.717, 1.165) is 12.1 Å². The van der Waals surface area contributed by atoms with Crippen LogP contribution in [0.2, 0.25) is 0 Å². The first-order valence-corrected chi connectivity index (χ1v) is 10.5. The van der Waals surface area contributed by atoms with E-state index in [-0.39, 0.29) is 31.9 Å². The van der Waals surface area contributed by atoms with Gasteiger partial charge in [-0.25, -0.2) is 9.18 Å². The molecule has 0 spiro atoms. The van der Waals surface area contributed by atoms with Gasteiger partial charge in [-0.05, 0) is 44.2 Å². The largest absolute Gasteiger partial charge is 0.573 e. The Morgan fingerprint density at radius 2 is 1.51 bits per heavy atom. The van der Waals surface area contributed by atoms with Crippen molar-refractivity contribution >= 4 is 24.3 Å². The summed E-state index contributed by atoms with van der Waals surface area (Å²) in [6.45, 7) is 2.54. The maximum Gasteiger partial charge on any atom is 0.573 e. The summed E-state index contributed by atoms with van der Waals surface area (Å²) in [5.41, 5.74) is -0.567. The second-order valence-electron chi connectivity index (χ2n) is 8.18. The molecule has 1 N–H and O–H groups in total. The van der Waals surface area contributed by atoms with Crippen LogP contribution in [-0.4, -0.2) is 43.2 Å². The Kier molecular flexibility index (Phi) is 11.5. The topological polar surface area (TPSA) is 73.9 Å². The first kappa shape index (κ1) is 30.2. The van der Waals surface area contributed by atoms with Crippen LogP contribution < -0.4 is 10.1 Å². The van der Waals surface area contributed by atoms with Crippen LogP contribution in [0.25, 0.3) is 0 Å². The second-order valence-corrected chi connectivity index (χ2v) is 8.18. The molecule has 0 heterocycles. The standard InChI is InChI=1S/C24H27F4NO5.ClH/c1-23(2,25)14-19(29-3)21(30)33-20(22(31)32-15-17-7-5-4-6-8-17)13-16-9-11-18(12-10-16)34-24(26,27)28;/h4-12,19-20,29H,13-15H2,1-3H3;1H/t19-,20+;/m0./s1. The monoisotopic (exact) mass is 521 g/mol. The number of rotatable bonds is 11. The fourth-order valence-electron chi connectivity index (χ4n) is 3.05. The van der Waals surface area contributed by atoms with Crippen LogP contribution in [0.5, 0.6) is 5.75 Å². The van der Waals surface area contributed by atoms with Crippen LogP contribution in [-0.2, 0) is 32.1 Å². The Balaban J connectivity index is 0.00000612. The fraction of sp³-hybridized carbons (Fsp3) is 0.417. The molecule has 0 saturated carbocycles. The maximum absolute atomic E-state index is 14.1. The number of carbonyl (C=O) groups excluding carboxylic acids is 2. The molecule has 11 heteroatoms. The molecule has 0 fully saturated rings. The van der Waals surface area contributed by atoms with Crippen molar-refractivity contribution in [1.82, 2.24) is 5.32 Å². The molecule has 35 heavy (non-hydrogen) atoms. The van der Waals surface area contributed by atoms with Gasteiger partial charge in [-0.1, -0.05) is 42.5 Å². The van der Waals surface area contributed by atoms with Gasteiger partial charge in [0, 0.05) is 12.8 Å². The minimum Gasteiger partial charge on any atom is -0.458 e. The summed E-state index contributed by atoms with van der Waals surface area (Å²) in [5.74, 6) is -2.13. The summed E-state index contributed by atoms with van der Waals surface area (Å²) in [4.78, 5) is 25.4. The lowest BCUT2D eigenvalue weighted by molar-refractivity contribution is -0.274.